The Bertz CT molecular complexity index is 1030. The van der Waals surface area contributed by atoms with Crippen molar-refractivity contribution in [1.82, 2.24) is 13.3 Å². The summed E-state index contributed by atoms with van der Waals surface area (Å²) in [5.74, 6) is 0.710. The van der Waals surface area contributed by atoms with Gasteiger partial charge in [-0.2, -0.15) is 16.7 Å². The fourth-order valence-electron chi connectivity index (χ4n) is 2.29. The molecule has 144 valence electrons. The van der Waals surface area contributed by atoms with Gasteiger partial charge in [-0.15, -0.1) is 6.42 Å². The molecule has 0 saturated heterocycles. The summed E-state index contributed by atoms with van der Waals surface area (Å²) in [4.78, 5) is 27.9. The number of nitrogens with one attached hydrogen (secondary N) is 1. The van der Waals surface area contributed by atoms with Gasteiger partial charge in [-0.05, 0) is 26.0 Å². The van der Waals surface area contributed by atoms with E-state index >= 15 is 0 Å². The SMILES string of the molecule is C#CCOC(=O)c1cccc2c1nc(NC(C)=O)n2S(=O)(=O)N(C)C(C)C. The number of benzene rings is 1. The lowest BCUT2D eigenvalue weighted by atomic mass is 10.2. The number of hydrogen-bond donors (Lipinski definition) is 1. The molecule has 0 saturated carbocycles. The topological polar surface area (TPSA) is 111 Å². The van der Waals surface area contributed by atoms with Gasteiger partial charge in [-0.3, -0.25) is 10.1 Å². The van der Waals surface area contributed by atoms with Crippen LogP contribution in [0, 0.1) is 12.3 Å². The van der Waals surface area contributed by atoms with Gasteiger partial charge < -0.3 is 4.74 Å². The zero-order chi connectivity index (χ0) is 20.4. The zero-order valence-electron chi connectivity index (χ0n) is 15.4. The van der Waals surface area contributed by atoms with Crippen LogP contribution in [0.5, 0.6) is 0 Å². The van der Waals surface area contributed by atoms with Crippen LogP contribution in [0.3, 0.4) is 0 Å². The number of terminal acetylenes is 1. The minimum absolute atomic E-state index is 0.0375. The predicted molar refractivity (Wildman–Crippen MR) is 100 cm³/mol. The number of hydrogen-bond acceptors (Lipinski definition) is 6. The molecule has 1 N–H and O–H groups in total. The van der Waals surface area contributed by atoms with Crippen molar-refractivity contribution in [2.45, 2.75) is 26.8 Å². The zero-order valence-corrected chi connectivity index (χ0v) is 16.2. The lowest BCUT2D eigenvalue weighted by molar-refractivity contribution is -0.114. The van der Waals surface area contributed by atoms with Crippen LogP contribution >= 0.6 is 0 Å². The van der Waals surface area contributed by atoms with Crippen molar-refractivity contribution in [3.63, 3.8) is 0 Å². The number of anilines is 1. The average molecular weight is 392 g/mol. The van der Waals surface area contributed by atoms with Crippen molar-refractivity contribution in [1.29, 1.82) is 0 Å². The van der Waals surface area contributed by atoms with Crippen LogP contribution in [0.4, 0.5) is 5.95 Å². The van der Waals surface area contributed by atoms with Gasteiger partial charge in [0.25, 0.3) is 0 Å². The maximum Gasteiger partial charge on any atom is 0.341 e. The molecule has 2 rings (SSSR count). The van der Waals surface area contributed by atoms with Crippen molar-refractivity contribution in [2.24, 2.45) is 0 Å². The maximum atomic E-state index is 13.1. The van der Waals surface area contributed by atoms with E-state index in [9.17, 15) is 18.0 Å². The molecular formula is C17H20N4O5S. The van der Waals surface area contributed by atoms with Crippen LogP contribution < -0.4 is 5.32 Å². The van der Waals surface area contributed by atoms with Gasteiger partial charge in [-0.1, -0.05) is 12.0 Å². The number of para-hydroxylation sites is 1. The monoisotopic (exact) mass is 392 g/mol. The van der Waals surface area contributed by atoms with Gasteiger partial charge in [0.1, 0.15) is 5.52 Å². The van der Waals surface area contributed by atoms with E-state index in [1.54, 1.807) is 13.8 Å². The van der Waals surface area contributed by atoms with E-state index in [1.165, 1.54) is 32.2 Å². The molecule has 0 spiro atoms. The van der Waals surface area contributed by atoms with Crippen LogP contribution in [-0.4, -0.2) is 53.3 Å². The van der Waals surface area contributed by atoms with Crippen LogP contribution in [0.15, 0.2) is 18.2 Å². The number of carbonyl (C=O) groups excluding carboxylic acids is 2. The number of carbonyl (C=O) groups is 2. The fraction of sp³-hybridized carbons (Fsp3) is 0.353. The highest BCUT2D eigenvalue weighted by Crippen LogP contribution is 2.27. The second kappa shape index (κ2) is 7.77. The van der Waals surface area contributed by atoms with Crippen molar-refractivity contribution < 1.29 is 22.7 Å². The molecule has 10 heteroatoms. The van der Waals surface area contributed by atoms with Crippen molar-refractivity contribution in [2.75, 3.05) is 19.0 Å². The third kappa shape index (κ3) is 3.94. The quantitative estimate of drug-likeness (QED) is 0.585. The minimum Gasteiger partial charge on any atom is -0.449 e. The molecule has 0 fully saturated rings. The number of imidazole rings is 1. The first-order chi connectivity index (χ1) is 12.6. The molecule has 0 aliphatic rings. The van der Waals surface area contributed by atoms with E-state index in [4.69, 9.17) is 11.2 Å². The molecule has 9 nitrogen and oxygen atoms in total. The van der Waals surface area contributed by atoms with Crippen LogP contribution in [0.25, 0.3) is 11.0 Å². The summed E-state index contributed by atoms with van der Waals surface area (Å²) in [6.07, 6.45) is 5.09. The summed E-state index contributed by atoms with van der Waals surface area (Å²) in [5.41, 5.74) is 0.237. The number of nitrogens with zero attached hydrogens (tertiary/aromatic N) is 3. The van der Waals surface area contributed by atoms with Gasteiger partial charge in [0.15, 0.2) is 6.61 Å². The largest absolute Gasteiger partial charge is 0.449 e. The summed E-state index contributed by atoms with van der Waals surface area (Å²) in [5, 5.41) is 2.39. The highest BCUT2D eigenvalue weighted by atomic mass is 32.2. The fourth-order valence-corrected chi connectivity index (χ4v) is 3.78. The second-order valence-electron chi connectivity index (χ2n) is 5.95. The Morgan fingerprint density at radius 2 is 2.07 bits per heavy atom. The van der Waals surface area contributed by atoms with E-state index in [2.05, 4.69) is 16.2 Å². The summed E-state index contributed by atoms with van der Waals surface area (Å²) in [6.45, 7) is 4.40. The average Bonchev–Trinajstić information content (AvgIpc) is 2.96. The Labute approximate surface area is 157 Å². The Hall–Kier alpha value is -2.90. The molecule has 1 amide bonds. The molecule has 0 radical (unpaired) electrons. The molecule has 1 aromatic carbocycles. The van der Waals surface area contributed by atoms with E-state index in [0.717, 1.165) is 8.28 Å². The summed E-state index contributed by atoms with van der Waals surface area (Å²) >= 11 is 0. The van der Waals surface area contributed by atoms with Crippen LogP contribution in [-0.2, 0) is 19.7 Å². The van der Waals surface area contributed by atoms with Crippen molar-refractivity contribution in [3.05, 3.63) is 23.8 Å². The molecule has 27 heavy (non-hydrogen) atoms. The Morgan fingerprint density at radius 3 is 2.63 bits per heavy atom. The highest BCUT2D eigenvalue weighted by molar-refractivity contribution is 7.87. The third-order valence-corrected chi connectivity index (χ3v) is 5.74. The van der Waals surface area contributed by atoms with Crippen molar-refractivity contribution >= 4 is 39.1 Å². The van der Waals surface area contributed by atoms with E-state index in [-0.39, 0.29) is 35.2 Å². The van der Waals surface area contributed by atoms with Crippen LogP contribution in [0.1, 0.15) is 31.1 Å². The van der Waals surface area contributed by atoms with Gasteiger partial charge >= 0.3 is 16.2 Å². The van der Waals surface area contributed by atoms with Gasteiger partial charge in [0.05, 0.1) is 11.1 Å². The van der Waals surface area contributed by atoms with Gasteiger partial charge in [0, 0.05) is 20.0 Å². The first-order valence-corrected chi connectivity index (χ1v) is 9.39. The first-order valence-electron chi connectivity index (χ1n) is 7.99. The second-order valence-corrected chi connectivity index (χ2v) is 7.79. The van der Waals surface area contributed by atoms with Crippen molar-refractivity contribution in [3.8, 4) is 12.3 Å². The molecule has 2 aromatic rings. The number of amides is 1. The molecular weight excluding hydrogens is 372 g/mol. The minimum atomic E-state index is -4.07. The third-order valence-electron chi connectivity index (χ3n) is 3.76. The standard InChI is InChI=1S/C17H20N4O5S/c1-6-10-26-16(23)13-8-7-9-14-15(13)19-17(18-12(4)22)21(14)27(24,25)20(5)11(2)3/h1,7-9,11H,10H2,2-5H3,(H,18,19,22). The molecule has 1 aromatic heterocycles. The number of rotatable bonds is 6. The predicted octanol–water partition coefficient (Wildman–Crippen LogP) is 1.22. The summed E-state index contributed by atoms with van der Waals surface area (Å²) in [6, 6.07) is 4.07. The number of aromatic nitrogens is 2. The molecule has 0 unspecified atom stereocenters. The Balaban J connectivity index is 2.77. The normalized spacial score (nSPS) is 11.6. The summed E-state index contributed by atoms with van der Waals surface area (Å²) < 4.78 is 33.1. The molecule has 0 bridgehead atoms. The first kappa shape index (κ1) is 20.4. The van der Waals surface area contributed by atoms with E-state index in [1.807, 2.05) is 0 Å². The van der Waals surface area contributed by atoms with E-state index in [0.29, 0.717) is 0 Å². The Kier molecular flexibility index (Phi) is 5.88. The van der Waals surface area contributed by atoms with E-state index < -0.39 is 22.1 Å². The maximum absolute atomic E-state index is 13.1. The lowest BCUT2D eigenvalue weighted by Crippen LogP contribution is -2.37. The number of ether oxygens (including phenoxy) is 1. The van der Waals surface area contributed by atoms with Gasteiger partial charge in [-0.25, -0.2) is 9.78 Å². The highest BCUT2D eigenvalue weighted by Gasteiger charge is 2.30. The molecule has 0 aliphatic carbocycles. The molecule has 0 atom stereocenters. The summed E-state index contributed by atoms with van der Waals surface area (Å²) in [7, 11) is -2.66. The Morgan fingerprint density at radius 1 is 1.41 bits per heavy atom. The van der Waals surface area contributed by atoms with Gasteiger partial charge in [0.2, 0.25) is 11.9 Å². The molecule has 1 heterocycles. The molecule has 0 aliphatic heterocycles. The van der Waals surface area contributed by atoms with Crippen LogP contribution in [0.2, 0.25) is 0 Å². The number of esters is 1. The number of fused-ring (bicyclic) bond motifs is 1. The lowest BCUT2D eigenvalue weighted by Gasteiger charge is -2.22. The smallest absolute Gasteiger partial charge is 0.341 e.